The molecule has 2 aromatic carbocycles. The van der Waals surface area contributed by atoms with Crippen molar-refractivity contribution < 1.29 is 15.0 Å². The first kappa shape index (κ1) is 19.8. The van der Waals surface area contributed by atoms with Gasteiger partial charge in [-0.25, -0.2) is 0 Å². The van der Waals surface area contributed by atoms with Crippen molar-refractivity contribution >= 4 is 11.6 Å². The molecule has 0 heterocycles. The second kappa shape index (κ2) is 8.69. The van der Waals surface area contributed by atoms with E-state index < -0.39 is 12.0 Å². The number of primary amides is 1. The third kappa shape index (κ3) is 4.74. The zero-order valence-electron chi connectivity index (χ0n) is 15.4. The molecule has 3 atom stereocenters. The number of anilines is 1. The van der Waals surface area contributed by atoms with Gasteiger partial charge in [0.2, 0.25) is 0 Å². The first-order chi connectivity index (χ1) is 12.3. The minimum absolute atomic E-state index is 0.00628. The predicted molar refractivity (Wildman–Crippen MR) is 103 cm³/mol. The van der Waals surface area contributed by atoms with Gasteiger partial charge in [0.15, 0.2) is 0 Å². The minimum Gasteiger partial charge on any atom is -0.507 e. The topological polar surface area (TPSA) is 98.8 Å². The Morgan fingerprint density at radius 3 is 2.46 bits per heavy atom. The smallest absolute Gasteiger partial charge is 0.252 e. The van der Waals surface area contributed by atoms with E-state index in [4.69, 9.17) is 5.73 Å². The van der Waals surface area contributed by atoms with Crippen LogP contribution in [0.1, 0.15) is 35.9 Å². The molecule has 0 saturated heterocycles. The van der Waals surface area contributed by atoms with Crippen LogP contribution in [0, 0.1) is 0 Å². The van der Waals surface area contributed by atoms with Gasteiger partial charge in [0.05, 0.1) is 11.7 Å². The third-order valence-corrected chi connectivity index (χ3v) is 4.80. The summed E-state index contributed by atoms with van der Waals surface area (Å²) < 4.78 is 0. The van der Waals surface area contributed by atoms with Crippen molar-refractivity contribution in [1.29, 1.82) is 0 Å². The highest BCUT2D eigenvalue weighted by Gasteiger charge is 2.19. The number of hydrogen-bond acceptors (Lipinski definition) is 5. The maximum absolute atomic E-state index is 11.3. The molecule has 26 heavy (non-hydrogen) atoms. The third-order valence-electron chi connectivity index (χ3n) is 4.80. The van der Waals surface area contributed by atoms with E-state index in [-0.39, 0.29) is 23.4 Å². The number of nitrogens with two attached hydrogens (primary N) is 1. The van der Waals surface area contributed by atoms with Crippen molar-refractivity contribution in [1.82, 2.24) is 5.32 Å². The molecule has 0 bridgehead atoms. The Balaban J connectivity index is 1.97. The van der Waals surface area contributed by atoms with Gasteiger partial charge in [-0.15, -0.1) is 0 Å². The van der Waals surface area contributed by atoms with Crippen LogP contribution in [0.25, 0.3) is 0 Å². The van der Waals surface area contributed by atoms with E-state index in [9.17, 15) is 15.0 Å². The van der Waals surface area contributed by atoms with Gasteiger partial charge in [0.1, 0.15) is 5.75 Å². The van der Waals surface area contributed by atoms with Crippen LogP contribution in [-0.2, 0) is 0 Å². The zero-order valence-corrected chi connectivity index (χ0v) is 15.4. The molecular formula is C20H27N3O3. The van der Waals surface area contributed by atoms with Gasteiger partial charge in [-0.05, 0) is 43.7 Å². The number of aliphatic hydroxyl groups excluding tert-OH is 1. The molecule has 0 aliphatic rings. The summed E-state index contributed by atoms with van der Waals surface area (Å²) in [5, 5.41) is 23.4. The van der Waals surface area contributed by atoms with E-state index in [2.05, 4.69) is 36.2 Å². The molecule has 0 saturated carbocycles. The van der Waals surface area contributed by atoms with Crippen molar-refractivity contribution in [2.75, 3.05) is 18.5 Å². The van der Waals surface area contributed by atoms with E-state index >= 15 is 0 Å². The minimum atomic E-state index is -0.814. The lowest BCUT2D eigenvalue weighted by molar-refractivity contribution is 0.0997. The van der Waals surface area contributed by atoms with Crippen molar-refractivity contribution in [2.24, 2.45) is 5.73 Å². The van der Waals surface area contributed by atoms with Crippen LogP contribution in [-0.4, -0.2) is 41.8 Å². The number of likely N-dealkylation sites (N-methyl/N-ethyl adjacent to an activating group) is 1. The normalized spacial score (nSPS) is 14.5. The molecule has 5 N–H and O–H groups in total. The number of para-hydroxylation sites is 1. The lowest BCUT2D eigenvalue weighted by Crippen LogP contribution is -2.46. The maximum Gasteiger partial charge on any atom is 0.252 e. The summed E-state index contributed by atoms with van der Waals surface area (Å²) >= 11 is 0. The SMILES string of the molecule is CC(NCC(O)c1ccc(O)c(C(N)=O)c1)C(C)N(C)c1ccccc1. The molecule has 6 heteroatoms. The van der Waals surface area contributed by atoms with Gasteiger partial charge in [0, 0.05) is 31.4 Å². The van der Waals surface area contributed by atoms with Gasteiger partial charge in [-0.3, -0.25) is 4.79 Å². The van der Waals surface area contributed by atoms with Crippen LogP contribution in [0.4, 0.5) is 5.69 Å². The lowest BCUT2D eigenvalue weighted by Gasteiger charge is -2.32. The highest BCUT2D eigenvalue weighted by Crippen LogP contribution is 2.22. The number of nitrogens with zero attached hydrogens (tertiary/aromatic N) is 1. The molecule has 0 radical (unpaired) electrons. The number of aromatic hydroxyl groups is 1. The number of amides is 1. The molecule has 0 spiro atoms. The first-order valence-electron chi connectivity index (χ1n) is 8.63. The van der Waals surface area contributed by atoms with E-state index in [1.807, 2.05) is 25.2 Å². The molecule has 2 rings (SSSR count). The Morgan fingerprint density at radius 2 is 1.85 bits per heavy atom. The Labute approximate surface area is 154 Å². The van der Waals surface area contributed by atoms with Crippen LogP contribution in [0.2, 0.25) is 0 Å². The average molecular weight is 357 g/mol. The Morgan fingerprint density at radius 1 is 1.19 bits per heavy atom. The fourth-order valence-electron chi connectivity index (χ4n) is 2.78. The van der Waals surface area contributed by atoms with Crippen molar-refractivity contribution in [2.45, 2.75) is 32.0 Å². The number of nitrogens with one attached hydrogen (secondary N) is 1. The number of benzene rings is 2. The summed E-state index contributed by atoms with van der Waals surface area (Å²) in [6.45, 7) is 4.49. The van der Waals surface area contributed by atoms with Crippen LogP contribution in [0.15, 0.2) is 48.5 Å². The summed E-state index contributed by atoms with van der Waals surface area (Å²) in [4.78, 5) is 13.5. The van der Waals surface area contributed by atoms with E-state index in [1.165, 1.54) is 12.1 Å². The summed E-state index contributed by atoms with van der Waals surface area (Å²) in [6, 6.07) is 14.8. The summed E-state index contributed by atoms with van der Waals surface area (Å²) in [5.74, 6) is -0.913. The van der Waals surface area contributed by atoms with E-state index in [1.54, 1.807) is 6.07 Å². The van der Waals surface area contributed by atoms with Gasteiger partial charge in [-0.1, -0.05) is 24.3 Å². The first-order valence-corrected chi connectivity index (χ1v) is 8.63. The summed E-state index contributed by atoms with van der Waals surface area (Å²) in [7, 11) is 2.04. The van der Waals surface area contributed by atoms with Crippen molar-refractivity contribution in [3.8, 4) is 5.75 Å². The standard InChI is InChI=1S/C20H27N3O3/c1-13(14(2)23(3)16-7-5-4-6-8-16)22-12-19(25)15-9-10-18(24)17(11-15)20(21)26/h4-11,13-14,19,22,24-25H,12H2,1-3H3,(H2,21,26). The number of aliphatic hydroxyl groups is 1. The van der Waals surface area contributed by atoms with Gasteiger partial charge in [-0.2, -0.15) is 0 Å². The largest absolute Gasteiger partial charge is 0.507 e. The molecule has 0 aliphatic carbocycles. The quantitative estimate of drug-likeness (QED) is 0.579. The van der Waals surface area contributed by atoms with E-state index in [0.717, 1.165) is 5.69 Å². The second-order valence-corrected chi connectivity index (χ2v) is 6.54. The van der Waals surface area contributed by atoms with Crippen LogP contribution in [0.5, 0.6) is 5.75 Å². The lowest BCUT2D eigenvalue weighted by atomic mass is 10.0. The molecule has 1 amide bonds. The molecule has 0 aromatic heterocycles. The molecule has 140 valence electrons. The van der Waals surface area contributed by atoms with Crippen molar-refractivity contribution in [3.05, 3.63) is 59.7 Å². The highest BCUT2D eigenvalue weighted by atomic mass is 16.3. The molecule has 0 aliphatic heterocycles. The monoisotopic (exact) mass is 357 g/mol. The Kier molecular flexibility index (Phi) is 6.60. The predicted octanol–water partition coefficient (Wildman–Crippen LogP) is 2.03. The summed E-state index contributed by atoms with van der Waals surface area (Å²) in [6.07, 6.45) is -0.814. The molecule has 6 nitrogen and oxygen atoms in total. The number of carbonyl (C=O) groups is 1. The zero-order chi connectivity index (χ0) is 19.3. The van der Waals surface area contributed by atoms with Gasteiger partial charge in [0.25, 0.3) is 5.91 Å². The molecule has 0 fully saturated rings. The number of phenols is 1. The van der Waals surface area contributed by atoms with Crippen LogP contribution in [0.3, 0.4) is 0 Å². The van der Waals surface area contributed by atoms with E-state index in [0.29, 0.717) is 12.1 Å². The fraction of sp³-hybridized carbons (Fsp3) is 0.350. The molecular weight excluding hydrogens is 330 g/mol. The van der Waals surface area contributed by atoms with Crippen molar-refractivity contribution in [3.63, 3.8) is 0 Å². The number of carbonyl (C=O) groups excluding carboxylic acids is 1. The van der Waals surface area contributed by atoms with Crippen LogP contribution >= 0.6 is 0 Å². The number of rotatable bonds is 8. The molecule has 2 aromatic rings. The Hall–Kier alpha value is -2.57. The second-order valence-electron chi connectivity index (χ2n) is 6.54. The average Bonchev–Trinajstić information content (AvgIpc) is 2.65. The van der Waals surface area contributed by atoms with Gasteiger partial charge < -0.3 is 26.2 Å². The fourth-order valence-corrected chi connectivity index (χ4v) is 2.78. The summed E-state index contributed by atoms with van der Waals surface area (Å²) in [5.41, 5.74) is 6.89. The molecule has 3 unspecified atom stereocenters. The van der Waals surface area contributed by atoms with Gasteiger partial charge >= 0.3 is 0 Å². The highest BCUT2D eigenvalue weighted by molar-refractivity contribution is 5.95. The van der Waals surface area contributed by atoms with Crippen LogP contribution < -0.4 is 16.0 Å². The number of hydrogen-bond donors (Lipinski definition) is 4. The maximum atomic E-state index is 11.3. The Bertz CT molecular complexity index is 736.